The van der Waals surface area contributed by atoms with Crippen LogP contribution < -0.4 is 5.32 Å². The van der Waals surface area contributed by atoms with Crippen molar-refractivity contribution in [1.82, 2.24) is 10.5 Å². The van der Waals surface area contributed by atoms with Crippen molar-refractivity contribution in [2.75, 3.05) is 6.54 Å². The molecular formula is C12H12Cl2N2O. The fourth-order valence-corrected chi connectivity index (χ4v) is 2.19. The van der Waals surface area contributed by atoms with E-state index in [2.05, 4.69) is 10.5 Å². The Morgan fingerprint density at radius 2 is 2.24 bits per heavy atom. The SMILES string of the molecule is Cl.Clc1cccc(-c2onc3c2CNCC3)c1. The predicted molar refractivity (Wildman–Crippen MR) is 69.6 cm³/mol. The third-order valence-corrected chi connectivity index (χ3v) is 3.03. The van der Waals surface area contributed by atoms with Crippen molar-refractivity contribution in [2.45, 2.75) is 13.0 Å². The Morgan fingerprint density at radius 1 is 1.35 bits per heavy atom. The molecule has 0 spiro atoms. The second-order valence-corrected chi connectivity index (χ2v) is 4.31. The molecule has 1 aliphatic rings. The summed E-state index contributed by atoms with van der Waals surface area (Å²) in [4.78, 5) is 0. The van der Waals surface area contributed by atoms with Gasteiger partial charge in [-0.15, -0.1) is 12.4 Å². The smallest absolute Gasteiger partial charge is 0.171 e. The van der Waals surface area contributed by atoms with Crippen molar-refractivity contribution < 1.29 is 4.52 Å². The quantitative estimate of drug-likeness (QED) is 0.866. The summed E-state index contributed by atoms with van der Waals surface area (Å²) in [5, 5.41) is 8.14. The first-order valence-corrected chi connectivity index (χ1v) is 5.66. The van der Waals surface area contributed by atoms with Gasteiger partial charge in [0, 0.05) is 35.7 Å². The summed E-state index contributed by atoms with van der Waals surface area (Å²) in [6.45, 7) is 1.79. The van der Waals surface area contributed by atoms with Crippen LogP contribution in [0.3, 0.4) is 0 Å². The Labute approximate surface area is 111 Å². The minimum absolute atomic E-state index is 0. The van der Waals surface area contributed by atoms with Gasteiger partial charge in [-0.05, 0) is 12.1 Å². The Bertz CT molecular complexity index is 525. The van der Waals surface area contributed by atoms with E-state index >= 15 is 0 Å². The standard InChI is InChI=1S/C12H11ClN2O.ClH/c13-9-3-1-2-8(6-9)12-10-7-14-5-4-11(10)15-16-12;/h1-3,6,14H,4-5,7H2;1H. The van der Waals surface area contributed by atoms with Gasteiger partial charge < -0.3 is 9.84 Å². The maximum Gasteiger partial charge on any atom is 0.171 e. The van der Waals surface area contributed by atoms with Crippen molar-refractivity contribution in [3.63, 3.8) is 0 Å². The van der Waals surface area contributed by atoms with Crippen LogP contribution >= 0.6 is 24.0 Å². The Morgan fingerprint density at radius 3 is 3.06 bits per heavy atom. The number of nitrogens with zero attached hydrogens (tertiary/aromatic N) is 1. The van der Waals surface area contributed by atoms with Gasteiger partial charge in [-0.1, -0.05) is 28.9 Å². The van der Waals surface area contributed by atoms with Crippen LogP contribution in [0, 0.1) is 0 Å². The van der Waals surface area contributed by atoms with E-state index in [9.17, 15) is 0 Å². The molecule has 90 valence electrons. The first-order valence-electron chi connectivity index (χ1n) is 5.28. The van der Waals surface area contributed by atoms with Crippen LogP contribution in [0.4, 0.5) is 0 Å². The summed E-state index contributed by atoms with van der Waals surface area (Å²) in [7, 11) is 0. The molecule has 2 aromatic rings. The van der Waals surface area contributed by atoms with Crippen molar-refractivity contribution in [3.05, 3.63) is 40.5 Å². The van der Waals surface area contributed by atoms with Gasteiger partial charge in [-0.2, -0.15) is 0 Å². The van der Waals surface area contributed by atoms with Gasteiger partial charge in [0.05, 0.1) is 5.69 Å². The molecule has 0 bridgehead atoms. The molecule has 0 fully saturated rings. The number of aromatic nitrogens is 1. The number of fused-ring (bicyclic) bond motifs is 1. The summed E-state index contributed by atoms with van der Waals surface area (Å²) in [5.74, 6) is 0.838. The molecule has 0 atom stereocenters. The molecule has 17 heavy (non-hydrogen) atoms. The molecule has 2 heterocycles. The van der Waals surface area contributed by atoms with Crippen LogP contribution in [0.25, 0.3) is 11.3 Å². The van der Waals surface area contributed by atoms with Gasteiger partial charge in [0.15, 0.2) is 5.76 Å². The number of nitrogens with one attached hydrogen (secondary N) is 1. The van der Waals surface area contributed by atoms with Crippen molar-refractivity contribution >= 4 is 24.0 Å². The molecule has 1 aliphatic heterocycles. The van der Waals surface area contributed by atoms with E-state index in [1.54, 1.807) is 0 Å². The van der Waals surface area contributed by atoms with E-state index < -0.39 is 0 Å². The van der Waals surface area contributed by atoms with Crippen LogP contribution in [0.1, 0.15) is 11.3 Å². The average molecular weight is 271 g/mol. The predicted octanol–water partition coefficient (Wildman–Crippen LogP) is 3.06. The van der Waals surface area contributed by atoms with Gasteiger partial charge in [0.25, 0.3) is 0 Å². The number of halogens is 2. The van der Waals surface area contributed by atoms with E-state index in [0.29, 0.717) is 5.02 Å². The zero-order valence-corrected chi connectivity index (χ0v) is 10.6. The van der Waals surface area contributed by atoms with Crippen molar-refractivity contribution in [2.24, 2.45) is 0 Å². The first kappa shape index (κ1) is 12.4. The fraction of sp³-hybridized carbons (Fsp3) is 0.250. The molecule has 0 amide bonds. The summed E-state index contributed by atoms with van der Waals surface area (Å²) in [6.07, 6.45) is 0.930. The highest BCUT2D eigenvalue weighted by Crippen LogP contribution is 2.29. The summed E-state index contributed by atoms with van der Waals surface area (Å²) < 4.78 is 5.41. The lowest BCUT2D eigenvalue weighted by Crippen LogP contribution is -2.23. The molecule has 5 heteroatoms. The zero-order valence-electron chi connectivity index (χ0n) is 9.07. The maximum atomic E-state index is 5.97. The number of benzene rings is 1. The molecule has 3 rings (SSSR count). The molecule has 3 nitrogen and oxygen atoms in total. The molecule has 1 aromatic heterocycles. The number of hydrogen-bond donors (Lipinski definition) is 1. The number of rotatable bonds is 1. The molecule has 0 saturated heterocycles. The topological polar surface area (TPSA) is 38.1 Å². The van der Waals surface area contributed by atoms with Crippen molar-refractivity contribution in [3.8, 4) is 11.3 Å². The normalized spacial score (nSPS) is 13.9. The minimum Gasteiger partial charge on any atom is -0.356 e. The largest absolute Gasteiger partial charge is 0.356 e. The second kappa shape index (κ2) is 5.08. The molecule has 1 N–H and O–H groups in total. The van der Waals surface area contributed by atoms with E-state index in [-0.39, 0.29) is 12.4 Å². The van der Waals surface area contributed by atoms with Gasteiger partial charge in [0.1, 0.15) is 0 Å². The van der Waals surface area contributed by atoms with Crippen LogP contribution in [0.5, 0.6) is 0 Å². The molecule has 0 radical (unpaired) electrons. The third kappa shape index (κ3) is 2.32. The maximum absolute atomic E-state index is 5.97. The van der Waals surface area contributed by atoms with Crippen LogP contribution in [0.15, 0.2) is 28.8 Å². The molecular weight excluding hydrogens is 259 g/mol. The Kier molecular flexibility index (Phi) is 3.72. The second-order valence-electron chi connectivity index (χ2n) is 3.87. The fourth-order valence-electron chi connectivity index (χ4n) is 2.00. The van der Waals surface area contributed by atoms with E-state index in [1.807, 2.05) is 24.3 Å². The molecule has 1 aromatic carbocycles. The minimum atomic E-state index is 0. The molecule has 0 unspecified atom stereocenters. The Hall–Kier alpha value is -1.03. The van der Waals surface area contributed by atoms with Gasteiger partial charge in [-0.3, -0.25) is 0 Å². The highest BCUT2D eigenvalue weighted by Gasteiger charge is 2.19. The van der Waals surface area contributed by atoms with E-state index in [0.717, 1.165) is 42.1 Å². The zero-order chi connectivity index (χ0) is 11.0. The lowest BCUT2D eigenvalue weighted by atomic mass is 10.0. The van der Waals surface area contributed by atoms with Crippen LogP contribution in [0.2, 0.25) is 5.02 Å². The van der Waals surface area contributed by atoms with E-state index in [1.165, 1.54) is 0 Å². The van der Waals surface area contributed by atoms with Crippen molar-refractivity contribution in [1.29, 1.82) is 0 Å². The highest BCUT2D eigenvalue weighted by molar-refractivity contribution is 6.30. The van der Waals surface area contributed by atoms with Gasteiger partial charge in [0.2, 0.25) is 0 Å². The molecule has 0 saturated carbocycles. The van der Waals surface area contributed by atoms with Gasteiger partial charge >= 0.3 is 0 Å². The average Bonchev–Trinajstić information content (AvgIpc) is 2.72. The first-order chi connectivity index (χ1) is 7.84. The monoisotopic (exact) mass is 270 g/mol. The third-order valence-electron chi connectivity index (χ3n) is 2.80. The van der Waals surface area contributed by atoms with Gasteiger partial charge in [-0.25, -0.2) is 0 Å². The number of hydrogen-bond acceptors (Lipinski definition) is 3. The summed E-state index contributed by atoms with van der Waals surface area (Å²) in [5.41, 5.74) is 3.21. The van der Waals surface area contributed by atoms with E-state index in [4.69, 9.17) is 16.1 Å². The lowest BCUT2D eigenvalue weighted by Gasteiger charge is -2.11. The summed E-state index contributed by atoms with van der Waals surface area (Å²) >= 11 is 5.97. The molecule has 0 aliphatic carbocycles. The van der Waals surface area contributed by atoms with Crippen LogP contribution in [-0.2, 0) is 13.0 Å². The summed E-state index contributed by atoms with van der Waals surface area (Å²) in [6, 6.07) is 7.66. The van der Waals surface area contributed by atoms with Crippen LogP contribution in [-0.4, -0.2) is 11.7 Å². The highest BCUT2D eigenvalue weighted by atomic mass is 35.5. The lowest BCUT2D eigenvalue weighted by molar-refractivity contribution is 0.423. The Balaban J connectivity index is 0.00000108.